The van der Waals surface area contributed by atoms with Crippen LogP contribution in [-0.2, 0) is 0 Å². The van der Waals surface area contributed by atoms with Crippen LogP contribution in [0, 0.1) is 11.3 Å². The van der Waals surface area contributed by atoms with Crippen LogP contribution < -0.4 is 21.3 Å². The highest BCUT2D eigenvalue weighted by atomic mass is 16.5. The first-order chi connectivity index (χ1) is 18.0. The standard InChI is InChI=1S/C27H22N8O2/c1-16(32-24-18(13-28)15-31-27(29)34-24)25-33-21-10-6-9-20(17-11-12-22(37-2)30-14-17)23(21)26(36)35(25)19-7-4-3-5-8-19/h3-12,14-16H,1-2H3,(H3,29,31,32,34)/t16-/m0/s1. The Balaban J connectivity index is 1.73. The van der Waals surface area contributed by atoms with Gasteiger partial charge in [-0.25, -0.2) is 15.0 Å². The highest BCUT2D eigenvalue weighted by Crippen LogP contribution is 2.29. The predicted molar refractivity (Wildman–Crippen MR) is 140 cm³/mol. The molecule has 0 bridgehead atoms. The third-order valence-electron chi connectivity index (χ3n) is 5.86. The quantitative estimate of drug-likeness (QED) is 0.362. The molecule has 182 valence electrons. The van der Waals surface area contributed by atoms with Crippen LogP contribution in [0.1, 0.15) is 24.4 Å². The molecule has 0 unspecified atom stereocenters. The lowest BCUT2D eigenvalue weighted by atomic mass is 10.0. The number of hydrogen-bond donors (Lipinski definition) is 2. The molecule has 3 heterocycles. The number of benzene rings is 2. The topological polar surface area (TPSA) is 145 Å². The van der Waals surface area contributed by atoms with E-state index in [1.807, 2.05) is 55.5 Å². The van der Waals surface area contributed by atoms with Crippen LogP contribution in [0.5, 0.6) is 5.88 Å². The molecule has 10 nitrogen and oxygen atoms in total. The molecule has 0 radical (unpaired) electrons. The summed E-state index contributed by atoms with van der Waals surface area (Å²) < 4.78 is 6.74. The van der Waals surface area contributed by atoms with Gasteiger partial charge in [0, 0.05) is 17.8 Å². The number of nitriles is 1. The Kier molecular flexibility index (Phi) is 6.18. The molecule has 37 heavy (non-hydrogen) atoms. The van der Waals surface area contributed by atoms with Crippen molar-refractivity contribution in [3.8, 4) is 28.8 Å². The van der Waals surface area contributed by atoms with Crippen LogP contribution in [0.3, 0.4) is 0 Å². The molecule has 0 aliphatic rings. The molecule has 1 atom stereocenters. The van der Waals surface area contributed by atoms with E-state index in [1.165, 1.54) is 6.20 Å². The fourth-order valence-corrected chi connectivity index (χ4v) is 4.12. The normalized spacial score (nSPS) is 11.6. The molecule has 0 amide bonds. The van der Waals surface area contributed by atoms with Gasteiger partial charge in [0.2, 0.25) is 11.8 Å². The van der Waals surface area contributed by atoms with Gasteiger partial charge < -0.3 is 15.8 Å². The number of hydrogen-bond acceptors (Lipinski definition) is 9. The monoisotopic (exact) mass is 490 g/mol. The van der Waals surface area contributed by atoms with Gasteiger partial charge in [-0.2, -0.15) is 10.2 Å². The van der Waals surface area contributed by atoms with Crippen molar-refractivity contribution in [1.82, 2.24) is 24.5 Å². The lowest BCUT2D eigenvalue weighted by Gasteiger charge is -2.21. The number of pyridine rings is 1. The van der Waals surface area contributed by atoms with Crippen LogP contribution in [0.2, 0.25) is 0 Å². The van der Waals surface area contributed by atoms with Gasteiger partial charge in [-0.1, -0.05) is 30.3 Å². The van der Waals surface area contributed by atoms with E-state index in [4.69, 9.17) is 15.5 Å². The number of rotatable bonds is 6. The largest absolute Gasteiger partial charge is 0.481 e. The summed E-state index contributed by atoms with van der Waals surface area (Å²) in [5, 5.41) is 13.1. The fraction of sp³-hybridized carbons (Fsp3) is 0.111. The second-order valence-corrected chi connectivity index (χ2v) is 8.20. The molecule has 5 rings (SSSR count). The summed E-state index contributed by atoms with van der Waals surface area (Å²) in [5.41, 5.74) is 8.38. The molecule has 10 heteroatoms. The van der Waals surface area contributed by atoms with E-state index >= 15 is 0 Å². The fourth-order valence-electron chi connectivity index (χ4n) is 4.12. The molecule has 5 aromatic rings. The molecule has 0 fully saturated rings. The summed E-state index contributed by atoms with van der Waals surface area (Å²) in [7, 11) is 1.55. The molecule has 2 aromatic carbocycles. The Morgan fingerprint density at radius 1 is 1.03 bits per heavy atom. The van der Waals surface area contributed by atoms with Gasteiger partial charge in [0.05, 0.1) is 35.9 Å². The van der Waals surface area contributed by atoms with Gasteiger partial charge in [-0.05, 0) is 36.8 Å². The zero-order valence-corrected chi connectivity index (χ0v) is 20.1. The number of fused-ring (bicyclic) bond motifs is 1. The van der Waals surface area contributed by atoms with Gasteiger partial charge >= 0.3 is 0 Å². The Bertz CT molecular complexity index is 1690. The highest BCUT2D eigenvalue weighted by Gasteiger charge is 2.21. The van der Waals surface area contributed by atoms with Gasteiger partial charge in [-0.3, -0.25) is 9.36 Å². The lowest BCUT2D eigenvalue weighted by molar-refractivity contribution is 0.398. The SMILES string of the molecule is COc1ccc(-c2cccc3nc([C@H](C)Nc4nc(N)ncc4C#N)n(-c4ccccc4)c(=O)c23)cn1. The van der Waals surface area contributed by atoms with E-state index in [-0.39, 0.29) is 22.9 Å². The van der Waals surface area contributed by atoms with Crippen LogP contribution in [0.25, 0.3) is 27.7 Å². The van der Waals surface area contributed by atoms with Crippen molar-refractivity contribution in [3.05, 3.63) is 94.8 Å². The summed E-state index contributed by atoms with van der Waals surface area (Å²) >= 11 is 0. The van der Waals surface area contributed by atoms with E-state index in [9.17, 15) is 10.1 Å². The van der Waals surface area contributed by atoms with Gasteiger partial charge in [0.25, 0.3) is 5.56 Å². The minimum atomic E-state index is -0.523. The summed E-state index contributed by atoms with van der Waals surface area (Å²) in [4.78, 5) is 31.4. The van der Waals surface area contributed by atoms with E-state index in [0.29, 0.717) is 33.9 Å². The van der Waals surface area contributed by atoms with E-state index in [2.05, 4.69) is 26.3 Å². The van der Waals surface area contributed by atoms with Crippen molar-refractivity contribution < 1.29 is 4.74 Å². The van der Waals surface area contributed by atoms with Crippen molar-refractivity contribution in [2.45, 2.75) is 13.0 Å². The van der Waals surface area contributed by atoms with Crippen molar-refractivity contribution >= 4 is 22.7 Å². The number of ether oxygens (including phenoxy) is 1. The zero-order chi connectivity index (χ0) is 25.9. The van der Waals surface area contributed by atoms with Crippen molar-refractivity contribution in [1.29, 1.82) is 5.26 Å². The predicted octanol–water partition coefficient (Wildman–Crippen LogP) is 3.87. The lowest BCUT2D eigenvalue weighted by Crippen LogP contribution is -2.28. The maximum Gasteiger partial charge on any atom is 0.266 e. The van der Waals surface area contributed by atoms with Crippen molar-refractivity contribution in [2.24, 2.45) is 0 Å². The average molecular weight is 491 g/mol. The molecule has 0 saturated carbocycles. The Morgan fingerprint density at radius 2 is 1.84 bits per heavy atom. The smallest absolute Gasteiger partial charge is 0.266 e. The molecule has 0 aliphatic heterocycles. The van der Waals surface area contributed by atoms with Crippen molar-refractivity contribution in [3.63, 3.8) is 0 Å². The number of nitrogens with two attached hydrogens (primary N) is 1. The number of nitrogens with zero attached hydrogens (tertiary/aromatic N) is 6. The van der Waals surface area contributed by atoms with Crippen LogP contribution in [0.15, 0.2) is 77.9 Å². The van der Waals surface area contributed by atoms with Crippen LogP contribution in [-0.4, -0.2) is 31.6 Å². The maximum atomic E-state index is 14.2. The number of methoxy groups -OCH3 is 1. The maximum absolute atomic E-state index is 14.2. The number of aromatic nitrogens is 5. The minimum absolute atomic E-state index is 0.0263. The summed E-state index contributed by atoms with van der Waals surface area (Å²) in [6.45, 7) is 1.84. The van der Waals surface area contributed by atoms with Crippen LogP contribution in [0.4, 0.5) is 11.8 Å². The average Bonchev–Trinajstić information content (AvgIpc) is 2.93. The number of nitrogen functional groups attached to an aromatic ring is 1. The minimum Gasteiger partial charge on any atom is -0.481 e. The Labute approximate surface area is 212 Å². The van der Waals surface area contributed by atoms with Gasteiger partial charge in [-0.15, -0.1) is 0 Å². The number of nitrogens with one attached hydrogen (secondary N) is 1. The van der Waals surface area contributed by atoms with Gasteiger partial charge in [0.15, 0.2) is 0 Å². The van der Waals surface area contributed by atoms with Gasteiger partial charge in [0.1, 0.15) is 23.3 Å². The van der Waals surface area contributed by atoms with E-state index in [1.54, 1.807) is 30.0 Å². The van der Waals surface area contributed by atoms with Crippen molar-refractivity contribution in [2.75, 3.05) is 18.2 Å². The molecular formula is C27H22N8O2. The first kappa shape index (κ1) is 23.4. The summed E-state index contributed by atoms with van der Waals surface area (Å²) in [6, 6.07) is 19.9. The molecule has 0 aliphatic carbocycles. The molecule has 3 N–H and O–H groups in total. The third-order valence-corrected chi connectivity index (χ3v) is 5.86. The first-order valence-electron chi connectivity index (χ1n) is 11.4. The van der Waals surface area contributed by atoms with E-state index in [0.717, 1.165) is 5.56 Å². The zero-order valence-electron chi connectivity index (χ0n) is 20.1. The van der Waals surface area contributed by atoms with Crippen LogP contribution >= 0.6 is 0 Å². The number of anilines is 2. The second-order valence-electron chi connectivity index (χ2n) is 8.20. The Hall–Kier alpha value is -5.30. The molecular weight excluding hydrogens is 468 g/mol. The third kappa shape index (κ3) is 4.41. The van der Waals surface area contributed by atoms with E-state index < -0.39 is 6.04 Å². The summed E-state index contributed by atoms with van der Waals surface area (Å²) in [5.74, 6) is 1.20. The second kappa shape index (κ2) is 9.75. The summed E-state index contributed by atoms with van der Waals surface area (Å²) in [6.07, 6.45) is 3.02. The number of para-hydroxylation sites is 1. The highest BCUT2D eigenvalue weighted by molar-refractivity contribution is 5.94. The molecule has 0 spiro atoms. The Morgan fingerprint density at radius 3 is 2.54 bits per heavy atom. The molecule has 3 aromatic heterocycles. The molecule has 0 saturated heterocycles. The first-order valence-corrected chi connectivity index (χ1v) is 11.4.